The van der Waals surface area contributed by atoms with Crippen molar-refractivity contribution < 1.29 is 0 Å². The highest BCUT2D eigenvalue weighted by Crippen LogP contribution is 2.30. The van der Waals surface area contributed by atoms with Crippen LogP contribution in [0.1, 0.15) is 0 Å². The lowest BCUT2D eigenvalue weighted by atomic mass is 9.95. The van der Waals surface area contributed by atoms with Crippen LogP contribution in [0.5, 0.6) is 0 Å². The molecule has 5 aromatic rings. The second kappa shape index (κ2) is 6.26. The van der Waals surface area contributed by atoms with Crippen LogP contribution in [-0.2, 0) is 0 Å². The molecule has 0 amide bonds. The lowest BCUT2D eigenvalue weighted by Crippen LogP contribution is -2.07. The largest absolute Gasteiger partial charge is 0.354 e. The fourth-order valence-electron chi connectivity index (χ4n) is 3.79. The number of aromatic nitrogens is 1. The van der Waals surface area contributed by atoms with Crippen molar-refractivity contribution in [1.29, 1.82) is 0 Å². The van der Waals surface area contributed by atoms with Gasteiger partial charge < -0.3 is 4.98 Å². The smallest absolute Gasteiger partial charge is 0.198 e. The summed E-state index contributed by atoms with van der Waals surface area (Å²) in [7, 11) is 0. The molecule has 0 aliphatic heterocycles. The summed E-state index contributed by atoms with van der Waals surface area (Å²) in [5.41, 5.74) is 5.80. The quantitative estimate of drug-likeness (QED) is 0.389. The van der Waals surface area contributed by atoms with Gasteiger partial charge >= 0.3 is 0 Å². The average Bonchev–Trinajstić information content (AvgIpc) is 2.74. The van der Waals surface area contributed by atoms with Crippen molar-refractivity contribution in [2.45, 2.75) is 0 Å². The zero-order chi connectivity index (χ0) is 18.2. The molecular weight excluding hydrogens is 330 g/mol. The van der Waals surface area contributed by atoms with Crippen LogP contribution in [0.25, 0.3) is 44.1 Å². The lowest BCUT2D eigenvalue weighted by molar-refractivity contribution is 1.47. The van der Waals surface area contributed by atoms with E-state index in [0.29, 0.717) is 0 Å². The Morgan fingerprint density at radius 2 is 0.926 bits per heavy atom. The summed E-state index contributed by atoms with van der Waals surface area (Å²) >= 11 is 0. The maximum Gasteiger partial charge on any atom is 0.198 e. The van der Waals surface area contributed by atoms with E-state index in [1.807, 2.05) is 97.1 Å². The molecule has 2 nitrogen and oxygen atoms in total. The second-order valence-corrected chi connectivity index (χ2v) is 6.64. The monoisotopic (exact) mass is 347 g/mol. The van der Waals surface area contributed by atoms with E-state index in [2.05, 4.69) is 4.98 Å². The summed E-state index contributed by atoms with van der Waals surface area (Å²) in [6.07, 6.45) is 0. The Morgan fingerprint density at radius 1 is 0.481 bits per heavy atom. The van der Waals surface area contributed by atoms with E-state index in [9.17, 15) is 4.79 Å². The SMILES string of the molecule is O=c1c2c(-c3ccccc3)cccc2[nH]c2cccc(-c3ccccc3)c12. The van der Waals surface area contributed by atoms with Crippen molar-refractivity contribution in [1.82, 2.24) is 4.98 Å². The molecule has 5 rings (SSSR count). The molecule has 27 heavy (non-hydrogen) atoms. The fourth-order valence-corrected chi connectivity index (χ4v) is 3.79. The third kappa shape index (κ3) is 2.54. The highest BCUT2D eigenvalue weighted by atomic mass is 16.1. The van der Waals surface area contributed by atoms with Gasteiger partial charge in [-0.2, -0.15) is 0 Å². The van der Waals surface area contributed by atoms with Gasteiger partial charge in [-0.1, -0.05) is 84.9 Å². The highest BCUT2D eigenvalue weighted by Gasteiger charge is 2.14. The molecule has 4 aromatic carbocycles. The Balaban J connectivity index is 1.93. The Bertz CT molecular complexity index is 1220. The van der Waals surface area contributed by atoms with Crippen molar-refractivity contribution in [3.8, 4) is 22.3 Å². The molecule has 0 radical (unpaired) electrons. The van der Waals surface area contributed by atoms with Crippen molar-refractivity contribution in [2.75, 3.05) is 0 Å². The molecule has 1 aromatic heterocycles. The summed E-state index contributed by atoms with van der Waals surface area (Å²) in [5.74, 6) is 0. The maximum atomic E-state index is 13.7. The number of fused-ring (bicyclic) bond motifs is 2. The fraction of sp³-hybridized carbons (Fsp3) is 0. The molecule has 0 saturated heterocycles. The van der Waals surface area contributed by atoms with Crippen LogP contribution < -0.4 is 5.43 Å². The molecule has 0 aliphatic carbocycles. The Hall–Kier alpha value is -3.65. The summed E-state index contributed by atoms with van der Waals surface area (Å²) in [4.78, 5) is 17.1. The van der Waals surface area contributed by atoms with Crippen molar-refractivity contribution >= 4 is 21.8 Å². The van der Waals surface area contributed by atoms with E-state index >= 15 is 0 Å². The zero-order valence-electron chi connectivity index (χ0n) is 14.6. The number of nitrogens with one attached hydrogen (secondary N) is 1. The first-order valence-electron chi connectivity index (χ1n) is 9.01. The number of H-pyrrole nitrogens is 1. The molecule has 0 aliphatic rings. The maximum absolute atomic E-state index is 13.7. The minimum Gasteiger partial charge on any atom is -0.354 e. The zero-order valence-corrected chi connectivity index (χ0v) is 14.6. The van der Waals surface area contributed by atoms with E-state index in [1.165, 1.54) is 0 Å². The molecule has 0 spiro atoms. The first kappa shape index (κ1) is 15.6. The normalized spacial score (nSPS) is 11.1. The number of benzene rings is 4. The van der Waals surface area contributed by atoms with E-state index in [4.69, 9.17) is 0 Å². The van der Waals surface area contributed by atoms with Crippen LogP contribution in [0, 0.1) is 0 Å². The molecule has 0 saturated carbocycles. The molecule has 0 atom stereocenters. The molecule has 0 bridgehead atoms. The van der Waals surface area contributed by atoms with Gasteiger partial charge in [-0.25, -0.2) is 0 Å². The van der Waals surface area contributed by atoms with Crippen LogP contribution in [0.15, 0.2) is 102 Å². The highest BCUT2D eigenvalue weighted by molar-refractivity contribution is 6.05. The van der Waals surface area contributed by atoms with Crippen LogP contribution in [-0.4, -0.2) is 4.98 Å². The molecule has 1 N–H and O–H groups in total. The first-order valence-corrected chi connectivity index (χ1v) is 9.01. The molecule has 2 heteroatoms. The van der Waals surface area contributed by atoms with Gasteiger partial charge in [0.15, 0.2) is 5.43 Å². The van der Waals surface area contributed by atoms with E-state index < -0.39 is 0 Å². The number of pyridine rings is 1. The topological polar surface area (TPSA) is 32.9 Å². The van der Waals surface area contributed by atoms with Crippen LogP contribution >= 0.6 is 0 Å². The number of aromatic amines is 1. The molecule has 1 heterocycles. The van der Waals surface area contributed by atoms with E-state index in [0.717, 1.165) is 44.1 Å². The van der Waals surface area contributed by atoms with Crippen LogP contribution in [0.4, 0.5) is 0 Å². The number of hydrogen-bond acceptors (Lipinski definition) is 1. The van der Waals surface area contributed by atoms with Gasteiger partial charge in [0.05, 0.1) is 21.8 Å². The van der Waals surface area contributed by atoms with Crippen LogP contribution in [0.2, 0.25) is 0 Å². The standard InChI is InChI=1S/C25H17NO/c27-25-23-19(17-9-3-1-4-10-17)13-7-15-21(23)26-22-16-8-14-20(24(22)25)18-11-5-2-6-12-18/h1-16H,(H,26,27). The summed E-state index contributed by atoms with van der Waals surface area (Å²) in [6, 6.07) is 32.1. The number of hydrogen-bond donors (Lipinski definition) is 1. The Morgan fingerprint density at radius 3 is 1.37 bits per heavy atom. The molecular formula is C25H17NO. The first-order chi connectivity index (χ1) is 13.3. The van der Waals surface area contributed by atoms with Gasteiger partial charge in [0.25, 0.3) is 0 Å². The average molecular weight is 347 g/mol. The van der Waals surface area contributed by atoms with Gasteiger partial charge in [-0.15, -0.1) is 0 Å². The second-order valence-electron chi connectivity index (χ2n) is 6.64. The van der Waals surface area contributed by atoms with E-state index in [1.54, 1.807) is 0 Å². The molecule has 128 valence electrons. The van der Waals surface area contributed by atoms with Gasteiger partial charge in [0.2, 0.25) is 0 Å². The predicted molar refractivity (Wildman–Crippen MR) is 113 cm³/mol. The lowest BCUT2D eigenvalue weighted by Gasteiger charge is -2.11. The van der Waals surface area contributed by atoms with Crippen molar-refractivity contribution in [3.05, 3.63) is 107 Å². The van der Waals surface area contributed by atoms with Gasteiger partial charge in [0, 0.05) is 0 Å². The summed E-state index contributed by atoms with van der Waals surface area (Å²) in [5, 5.41) is 1.47. The summed E-state index contributed by atoms with van der Waals surface area (Å²) in [6.45, 7) is 0. The third-order valence-electron chi connectivity index (χ3n) is 5.02. The van der Waals surface area contributed by atoms with Gasteiger partial charge in [0.1, 0.15) is 0 Å². The summed E-state index contributed by atoms with van der Waals surface area (Å²) < 4.78 is 0. The number of rotatable bonds is 2. The molecule has 0 unspecified atom stereocenters. The minimum absolute atomic E-state index is 0.0673. The van der Waals surface area contributed by atoms with E-state index in [-0.39, 0.29) is 5.43 Å². The van der Waals surface area contributed by atoms with Gasteiger partial charge in [-0.05, 0) is 34.4 Å². The Labute approximate surface area is 156 Å². The third-order valence-corrected chi connectivity index (χ3v) is 5.02. The van der Waals surface area contributed by atoms with Gasteiger partial charge in [-0.3, -0.25) is 4.79 Å². The minimum atomic E-state index is 0.0673. The molecule has 0 fully saturated rings. The Kier molecular flexibility index (Phi) is 3.61. The predicted octanol–water partition coefficient (Wildman–Crippen LogP) is 6.02. The van der Waals surface area contributed by atoms with Crippen molar-refractivity contribution in [3.63, 3.8) is 0 Å². The van der Waals surface area contributed by atoms with Crippen molar-refractivity contribution in [2.24, 2.45) is 0 Å². The van der Waals surface area contributed by atoms with Crippen LogP contribution in [0.3, 0.4) is 0 Å².